The van der Waals surface area contributed by atoms with E-state index >= 15 is 0 Å². The second kappa shape index (κ2) is 6.82. The van der Waals surface area contributed by atoms with Gasteiger partial charge in [-0.1, -0.05) is 6.07 Å². The van der Waals surface area contributed by atoms with Crippen molar-refractivity contribution in [3.8, 4) is 11.5 Å². The molecule has 2 amide bonds. The molecule has 0 saturated heterocycles. The monoisotopic (exact) mass is 415 g/mol. The van der Waals surface area contributed by atoms with Crippen LogP contribution in [-0.2, 0) is 10.1 Å². The van der Waals surface area contributed by atoms with Gasteiger partial charge in [-0.15, -0.1) is 13.2 Å². The predicted molar refractivity (Wildman–Crippen MR) is 90.8 cm³/mol. The fourth-order valence-electron chi connectivity index (χ4n) is 2.55. The molecular weight excluding hydrogens is 403 g/mol. The second-order valence-corrected chi connectivity index (χ2v) is 7.46. The molecule has 7 nitrogen and oxygen atoms in total. The van der Waals surface area contributed by atoms with E-state index < -0.39 is 34.0 Å². The number of ether oxygens (including phenoxy) is 1. The van der Waals surface area contributed by atoms with Gasteiger partial charge in [-0.05, 0) is 43.3 Å². The van der Waals surface area contributed by atoms with Gasteiger partial charge in [0.1, 0.15) is 5.75 Å². The first-order chi connectivity index (χ1) is 13.0. The van der Waals surface area contributed by atoms with Crippen molar-refractivity contribution in [1.82, 2.24) is 0 Å². The van der Waals surface area contributed by atoms with Gasteiger partial charge in [-0.2, -0.15) is 8.42 Å². The minimum Gasteiger partial charge on any atom is -0.406 e. The zero-order valence-electron chi connectivity index (χ0n) is 14.2. The standard InChI is InChI=1S/C17H12F3NO6S/c1-2-28(24,25)27-13-5-3-4-12-14(13)16(23)21(15(12)22)10-6-8-11(9-7-10)26-17(18,19)20/h3-9H,2H2,1H3. The lowest BCUT2D eigenvalue weighted by molar-refractivity contribution is -0.274. The molecule has 0 radical (unpaired) electrons. The van der Waals surface area contributed by atoms with E-state index in [1.54, 1.807) is 0 Å². The SMILES string of the molecule is CCS(=O)(=O)Oc1cccc2c1C(=O)N(c1ccc(OC(F)(F)F)cc1)C2=O. The summed E-state index contributed by atoms with van der Waals surface area (Å²) in [5.41, 5.74) is -0.324. The van der Waals surface area contributed by atoms with Crippen molar-refractivity contribution in [3.63, 3.8) is 0 Å². The number of anilines is 1. The lowest BCUT2D eigenvalue weighted by Crippen LogP contribution is -2.29. The molecule has 0 aliphatic carbocycles. The number of benzene rings is 2. The normalized spacial score (nSPS) is 14.2. The molecule has 2 aromatic rings. The Morgan fingerprint density at radius 3 is 2.21 bits per heavy atom. The van der Waals surface area contributed by atoms with Crippen LogP contribution in [0.25, 0.3) is 0 Å². The van der Waals surface area contributed by atoms with Crippen LogP contribution in [-0.4, -0.2) is 32.3 Å². The Morgan fingerprint density at radius 1 is 1.00 bits per heavy atom. The summed E-state index contributed by atoms with van der Waals surface area (Å²) >= 11 is 0. The smallest absolute Gasteiger partial charge is 0.406 e. The maximum Gasteiger partial charge on any atom is 0.573 e. The highest BCUT2D eigenvalue weighted by atomic mass is 32.2. The Kier molecular flexibility index (Phi) is 4.79. The lowest BCUT2D eigenvalue weighted by atomic mass is 10.1. The van der Waals surface area contributed by atoms with E-state index in [-0.39, 0.29) is 28.3 Å². The molecule has 0 N–H and O–H groups in total. The number of alkyl halides is 3. The van der Waals surface area contributed by atoms with E-state index in [0.717, 1.165) is 24.3 Å². The van der Waals surface area contributed by atoms with Gasteiger partial charge in [0.2, 0.25) is 0 Å². The highest BCUT2D eigenvalue weighted by Gasteiger charge is 2.40. The molecule has 11 heteroatoms. The summed E-state index contributed by atoms with van der Waals surface area (Å²) < 4.78 is 68.8. The Bertz CT molecular complexity index is 1050. The van der Waals surface area contributed by atoms with Crippen molar-refractivity contribution in [2.75, 3.05) is 10.7 Å². The van der Waals surface area contributed by atoms with Crippen LogP contribution < -0.4 is 13.8 Å². The predicted octanol–water partition coefficient (Wildman–Crippen LogP) is 3.11. The number of amides is 2. The third-order valence-corrected chi connectivity index (χ3v) is 4.92. The number of carbonyl (C=O) groups is 2. The Morgan fingerprint density at radius 2 is 1.64 bits per heavy atom. The largest absolute Gasteiger partial charge is 0.573 e. The molecule has 0 bridgehead atoms. The molecule has 1 aliphatic heterocycles. The van der Waals surface area contributed by atoms with Crippen molar-refractivity contribution >= 4 is 27.6 Å². The van der Waals surface area contributed by atoms with Crippen LogP contribution in [0.1, 0.15) is 27.6 Å². The molecule has 28 heavy (non-hydrogen) atoms. The minimum atomic E-state index is -4.88. The average Bonchev–Trinajstić information content (AvgIpc) is 2.86. The lowest BCUT2D eigenvalue weighted by Gasteiger charge is -2.15. The minimum absolute atomic E-state index is 0.00924. The maximum atomic E-state index is 12.7. The van der Waals surface area contributed by atoms with E-state index in [1.165, 1.54) is 25.1 Å². The fourth-order valence-corrected chi connectivity index (χ4v) is 3.08. The Hall–Kier alpha value is -3.08. The van der Waals surface area contributed by atoms with Crippen LogP contribution in [0.3, 0.4) is 0 Å². The van der Waals surface area contributed by atoms with Crippen molar-refractivity contribution in [2.45, 2.75) is 13.3 Å². The molecule has 0 fully saturated rings. The average molecular weight is 415 g/mol. The molecule has 0 unspecified atom stereocenters. The van der Waals surface area contributed by atoms with Gasteiger partial charge < -0.3 is 8.92 Å². The van der Waals surface area contributed by atoms with Crippen molar-refractivity contribution in [2.24, 2.45) is 0 Å². The number of nitrogens with zero attached hydrogens (tertiary/aromatic N) is 1. The van der Waals surface area contributed by atoms with Gasteiger partial charge in [-0.25, -0.2) is 4.90 Å². The molecule has 0 spiro atoms. The van der Waals surface area contributed by atoms with Crippen LogP contribution in [0.2, 0.25) is 0 Å². The number of carbonyl (C=O) groups excluding carboxylic acids is 2. The summed E-state index contributed by atoms with van der Waals surface area (Å²) in [5, 5.41) is 0. The molecule has 3 rings (SSSR count). The summed E-state index contributed by atoms with van der Waals surface area (Å²) in [7, 11) is -3.95. The zero-order valence-corrected chi connectivity index (χ0v) is 15.0. The summed E-state index contributed by atoms with van der Waals surface area (Å²) in [4.78, 5) is 26.0. The fraction of sp³-hybridized carbons (Fsp3) is 0.176. The van der Waals surface area contributed by atoms with Gasteiger partial charge in [0.25, 0.3) is 11.8 Å². The number of rotatable bonds is 5. The quantitative estimate of drug-likeness (QED) is 0.551. The number of fused-ring (bicyclic) bond motifs is 1. The van der Waals surface area contributed by atoms with Crippen LogP contribution in [0.4, 0.5) is 18.9 Å². The van der Waals surface area contributed by atoms with E-state index in [0.29, 0.717) is 4.90 Å². The summed E-state index contributed by atoms with van der Waals surface area (Å²) in [6.45, 7) is 1.35. The van der Waals surface area contributed by atoms with Gasteiger partial charge in [0.15, 0.2) is 5.75 Å². The Labute approximate surface area is 157 Å². The first kappa shape index (κ1) is 19.7. The first-order valence-corrected chi connectivity index (χ1v) is 9.40. The zero-order chi connectivity index (χ0) is 20.7. The van der Waals surface area contributed by atoms with Crippen LogP contribution in [0.5, 0.6) is 11.5 Å². The topological polar surface area (TPSA) is 90.0 Å². The third-order valence-electron chi connectivity index (χ3n) is 3.78. The number of hydrogen-bond acceptors (Lipinski definition) is 6. The van der Waals surface area contributed by atoms with Crippen molar-refractivity contribution in [3.05, 3.63) is 53.6 Å². The van der Waals surface area contributed by atoms with E-state index in [4.69, 9.17) is 4.18 Å². The van der Waals surface area contributed by atoms with Crippen LogP contribution >= 0.6 is 0 Å². The number of halogens is 3. The summed E-state index contributed by atoms with van der Waals surface area (Å²) in [6, 6.07) is 8.02. The van der Waals surface area contributed by atoms with E-state index in [1.807, 2.05) is 0 Å². The van der Waals surface area contributed by atoms with Gasteiger partial charge in [-0.3, -0.25) is 9.59 Å². The second-order valence-electron chi connectivity index (χ2n) is 5.60. The molecule has 0 atom stereocenters. The van der Waals surface area contributed by atoms with Crippen molar-refractivity contribution in [1.29, 1.82) is 0 Å². The molecule has 1 aliphatic rings. The van der Waals surface area contributed by atoms with Crippen molar-refractivity contribution < 1.29 is 40.1 Å². The van der Waals surface area contributed by atoms with E-state index in [2.05, 4.69) is 4.74 Å². The van der Waals surface area contributed by atoms with Gasteiger partial charge >= 0.3 is 16.5 Å². The van der Waals surface area contributed by atoms with Gasteiger partial charge in [0, 0.05) is 0 Å². The molecular formula is C17H12F3NO6S. The van der Waals surface area contributed by atoms with Crippen LogP contribution in [0, 0.1) is 0 Å². The third kappa shape index (κ3) is 3.79. The molecule has 148 valence electrons. The number of imide groups is 1. The molecule has 0 aromatic heterocycles. The highest BCUT2D eigenvalue weighted by molar-refractivity contribution is 7.87. The van der Waals surface area contributed by atoms with Gasteiger partial charge in [0.05, 0.1) is 22.6 Å². The Balaban J connectivity index is 1.95. The van der Waals surface area contributed by atoms with E-state index in [9.17, 15) is 31.2 Å². The number of hydrogen-bond donors (Lipinski definition) is 0. The molecule has 2 aromatic carbocycles. The molecule has 0 saturated carbocycles. The summed E-state index contributed by atoms with van der Waals surface area (Å²) in [5.74, 6) is -2.78. The maximum absolute atomic E-state index is 12.7. The first-order valence-electron chi connectivity index (χ1n) is 7.82. The van der Waals surface area contributed by atoms with Crippen LogP contribution in [0.15, 0.2) is 42.5 Å². The molecule has 1 heterocycles. The highest BCUT2D eigenvalue weighted by Crippen LogP contribution is 2.35. The summed E-state index contributed by atoms with van der Waals surface area (Å²) in [6.07, 6.45) is -4.88.